The van der Waals surface area contributed by atoms with E-state index in [4.69, 9.17) is 5.73 Å². The fraction of sp³-hybridized carbons (Fsp3) is 1.00. The third kappa shape index (κ3) is 2.77. The molecule has 0 aromatic carbocycles. The van der Waals surface area contributed by atoms with E-state index in [0.29, 0.717) is 6.04 Å². The van der Waals surface area contributed by atoms with Crippen LogP contribution in [0.4, 0.5) is 0 Å². The van der Waals surface area contributed by atoms with Crippen molar-refractivity contribution in [2.75, 3.05) is 19.6 Å². The van der Waals surface area contributed by atoms with Gasteiger partial charge in [0.15, 0.2) is 0 Å². The normalized spacial score (nSPS) is 29.5. The van der Waals surface area contributed by atoms with Crippen molar-refractivity contribution in [3.05, 3.63) is 0 Å². The van der Waals surface area contributed by atoms with Crippen molar-refractivity contribution in [3.8, 4) is 0 Å². The summed E-state index contributed by atoms with van der Waals surface area (Å²) in [6.07, 6.45) is 2.18. The van der Waals surface area contributed by atoms with Gasteiger partial charge in [-0.15, -0.1) is 0 Å². The predicted octanol–water partition coefficient (Wildman–Crippen LogP) is -0.310. The topological polar surface area (TPSA) is 52.1 Å². The predicted molar refractivity (Wildman–Crippen MR) is 46.5 cm³/mol. The minimum Gasteiger partial charge on any atom is -0.326 e. The summed E-state index contributed by atoms with van der Waals surface area (Å²) in [5, 5.41) is 7.85. The van der Waals surface area contributed by atoms with Crippen LogP contribution in [0.3, 0.4) is 0 Å². The Labute approximate surface area is 68.7 Å². The summed E-state index contributed by atoms with van der Waals surface area (Å²) < 4.78 is 0. The molecule has 0 bridgehead atoms. The number of nitrogens with one attached hydrogen (secondary N) is 1. The second kappa shape index (κ2) is 4.70. The summed E-state index contributed by atoms with van der Waals surface area (Å²) in [5.41, 5.74) is 5.88. The van der Waals surface area contributed by atoms with Gasteiger partial charge in [-0.3, -0.25) is 0 Å². The summed E-state index contributed by atoms with van der Waals surface area (Å²) in [6.45, 7) is 5.15. The Balaban J connectivity index is 2.30. The van der Waals surface area contributed by atoms with E-state index in [1.165, 1.54) is 0 Å². The molecule has 3 heteroatoms. The van der Waals surface area contributed by atoms with E-state index in [1.54, 1.807) is 0 Å². The van der Waals surface area contributed by atoms with Crippen LogP contribution in [-0.4, -0.2) is 31.7 Å². The number of nitrogens with two attached hydrogens (primary N) is 1. The molecule has 0 saturated carbocycles. The third-order valence-electron chi connectivity index (χ3n) is 2.19. The SMILES string of the molecule is CCC(N)C1CNCCC[N]1. The average molecular weight is 156 g/mol. The van der Waals surface area contributed by atoms with Crippen LogP contribution >= 0.6 is 0 Å². The lowest BCUT2D eigenvalue weighted by molar-refractivity contribution is 0.423. The molecule has 2 unspecified atom stereocenters. The van der Waals surface area contributed by atoms with E-state index in [-0.39, 0.29) is 6.04 Å². The highest BCUT2D eigenvalue weighted by atomic mass is 15.0. The molecule has 65 valence electrons. The van der Waals surface area contributed by atoms with Crippen molar-refractivity contribution in [3.63, 3.8) is 0 Å². The molecule has 1 rings (SSSR count). The molecule has 1 radical (unpaired) electrons. The van der Waals surface area contributed by atoms with Crippen LogP contribution in [0.1, 0.15) is 19.8 Å². The van der Waals surface area contributed by atoms with Gasteiger partial charge in [0.2, 0.25) is 0 Å². The summed E-state index contributed by atoms with van der Waals surface area (Å²) in [4.78, 5) is 0. The fourth-order valence-electron chi connectivity index (χ4n) is 1.33. The molecular formula is C8H18N3. The molecule has 1 aliphatic heterocycles. The highest BCUT2D eigenvalue weighted by Crippen LogP contribution is 1.98. The molecule has 3 nitrogen and oxygen atoms in total. The van der Waals surface area contributed by atoms with Gasteiger partial charge in [-0.25, -0.2) is 5.32 Å². The van der Waals surface area contributed by atoms with Gasteiger partial charge in [-0.2, -0.15) is 0 Å². The monoisotopic (exact) mass is 156 g/mol. The maximum atomic E-state index is 5.88. The third-order valence-corrected chi connectivity index (χ3v) is 2.19. The minimum absolute atomic E-state index is 0.251. The van der Waals surface area contributed by atoms with Crippen LogP contribution in [0.25, 0.3) is 0 Å². The maximum absolute atomic E-state index is 5.88. The lowest BCUT2D eigenvalue weighted by Gasteiger charge is -2.20. The quantitative estimate of drug-likeness (QED) is 0.576. The van der Waals surface area contributed by atoms with Crippen molar-refractivity contribution in [2.45, 2.75) is 31.8 Å². The van der Waals surface area contributed by atoms with Crippen LogP contribution in [-0.2, 0) is 0 Å². The van der Waals surface area contributed by atoms with Crippen molar-refractivity contribution in [2.24, 2.45) is 5.73 Å². The molecule has 11 heavy (non-hydrogen) atoms. The van der Waals surface area contributed by atoms with Crippen LogP contribution in [0.5, 0.6) is 0 Å². The van der Waals surface area contributed by atoms with Crippen LogP contribution in [0.15, 0.2) is 0 Å². The zero-order chi connectivity index (χ0) is 8.10. The van der Waals surface area contributed by atoms with Crippen LogP contribution in [0.2, 0.25) is 0 Å². The van der Waals surface area contributed by atoms with Crippen molar-refractivity contribution in [1.29, 1.82) is 0 Å². The van der Waals surface area contributed by atoms with Gasteiger partial charge in [0.05, 0.1) is 6.04 Å². The van der Waals surface area contributed by atoms with Crippen molar-refractivity contribution < 1.29 is 0 Å². The molecule has 2 atom stereocenters. The molecule has 1 saturated heterocycles. The van der Waals surface area contributed by atoms with E-state index in [0.717, 1.165) is 32.5 Å². The molecule has 1 heterocycles. The zero-order valence-electron chi connectivity index (χ0n) is 7.21. The van der Waals surface area contributed by atoms with Crippen LogP contribution in [0, 0.1) is 0 Å². The zero-order valence-corrected chi connectivity index (χ0v) is 7.21. The Hall–Kier alpha value is -0.120. The fourth-order valence-corrected chi connectivity index (χ4v) is 1.33. The second-order valence-corrected chi connectivity index (χ2v) is 3.10. The summed E-state index contributed by atoms with van der Waals surface area (Å²) in [5.74, 6) is 0. The average Bonchev–Trinajstić information content (AvgIpc) is 2.30. The molecule has 0 amide bonds. The number of hydrogen-bond acceptors (Lipinski definition) is 2. The Morgan fingerprint density at radius 1 is 1.73 bits per heavy atom. The van der Waals surface area contributed by atoms with Gasteiger partial charge in [0.1, 0.15) is 0 Å². The van der Waals surface area contributed by atoms with Gasteiger partial charge in [0, 0.05) is 19.1 Å². The molecule has 0 spiro atoms. The van der Waals surface area contributed by atoms with Gasteiger partial charge >= 0.3 is 0 Å². The first-order valence-corrected chi connectivity index (χ1v) is 4.47. The first kappa shape index (κ1) is 8.97. The molecule has 0 aliphatic carbocycles. The van der Waals surface area contributed by atoms with E-state index in [9.17, 15) is 0 Å². The maximum Gasteiger partial charge on any atom is 0.0521 e. The summed E-state index contributed by atoms with van der Waals surface area (Å²) >= 11 is 0. The lowest BCUT2D eigenvalue weighted by Crippen LogP contribution is -2.45. The Morgan fingerprint density at radius 3 is 3.27 bits per heavy atom. The van der Waals surface area contributed by atoms with Crippen LogP contribution < -0.4 is 16.4 Å². The smallest absolute Gasteiger partial charge is 0.0521 e. The number of hydrogen-bond donors (Lipinski definition) is 2. The van der Waals surface area contributed by atoms with Crippen molar-refractivity contribution in [1.82, 2.24) is 10.6 Å². The Kier molecular flexibility index (Phi) is 3.83. The first-order valence-electron chi connectivity index (χ1n) is 4.47. The van der Waals surface area contributed by atoms with Gasteiger partial charge < -0.3 is 11.1 Å². The van der Waals surface area contributed by atoms with E-state index >= 15 is 0 Å². The number of rotatable bonds is 2. The van der Waals surface area contributed by atoms with Gasteiger partial charge in [-0.05, 0) is 19.4 Å². The Bertz CT molecular complexity index is 97.5. The van der Waals surface area contributed by atoms with Crippen molar-refractivity contribution >= 4 is 0 Å². The standard InChI is InChI=1S/C8H18N3/c1-2-7(9)8-6-10-4-3-5-11-8/h7-8,10H,2-6,9H2,1H3. The van der Waals surface area contributed by atoms with E-state index < -0.39 is 0 Å². The highest BCUT2D eigenvalue weighted by Gasteiger charge is 2.17. The molecule has 0 aromatic rings. The minimum atomic E-state index is 0.251. The molecular weight excluding hydrogens is 138 g/mol. The van der Waals surface area contributed by atoms with E-state index in [2.05, 4.69) is 17.6 Å². The summed E-state index contributed by atoms with van der Waals surface area (Å²) in [7, 11) is 0. The summed E-state index contributed by atoms with van der Waals surface area (Å²) in [6, 6.07) is 0.600. The second-order valence-electron chi connectivity index (χ2n) is 3.10. The largest absolute Gasteiger partial charge is 0.326 e. The van der Waals surface area contributed by atoms with Gasteiger partial charge in [0.25, 0.3) is 0 Å². The number of nitrogens with zero attached hydrogens (tertiary/aromatic N) is 1. The Morgan fingerprint density at radius 2 is 2.55 bits per heavy atom. The lowest BCUT2D eigenvalue weighted by atomic mass is 10.1. The molecule has 3 N–H and O–H groups in total. The highest BCUT2D eigenvalue weighted by molar-refractivity contribution is 4.81. The molecule has 0 aromatic heterocycles. The molecule has 1 fully saturated rings. The first-order chi connectivity index (χ1) is 5.34. The van der Waals surface area contributed by atoms with E-state index in [1.807, 2.05) is 0 Å². The molecule has 1 aliphatic rings. The van der Waals surface area contributed by atoms with Gasteiger partial charge in [-0.1, -0.05) is 6.92 Å².